The molecule has 1 aromatic rings. The van der Waals surface area contributed by atoms with Gasteiger partial charge in [0.2, 0.25) is 5.91 Å². The maximum Gasteiger partial charge on any atom is 0.217 e. The number of aryl methyl sites for hydroxylation is 1. The third kappa shape index (κ3) is 3.01. The molecule has 74 valence electrons. The molecular formula is C11H13NO2. The summed E-state index contributed by atoms with van der Waals surface area (Å²) in [5.74, 6) is -0.474. The van der Waals surface area contributed by atoms with Gasteiger partial charge in [-0.05, 0) is 13.0 Å². The maximum absolute atomic E-state index is 11.5. The SMILES string of the molecule is Cc1cccc(C(=O)CCC(N)=O)c1. The molecule has 3 heteroatoms. The van der Waals surface area contributed by atoms with E-state index in [1.54, 1.807) is 6.07 Å². The molecule has 0 saturated heterocycles. The Bertz CT molecular complexity index is 358. The summed E-state index contributed by atoms with van der Waals surface area (Å²) in [5.41, 5.74) is 6.64. The molecule has 0 unspecified atom stereocenters. The van der Waals surface area contributed by atoms with E-state index < -0.39 is 5.91 Å². The number of hydrogen-bond acceptors (Lipinski definition) is 2. The molecule has 0 radical (unpaired) electrons. The van der Waals surface area contributed by atoms with Crippen molar-refractivity contribution in [1.82, 2.24) is 0 Å². The standard InChI is InChI=1S/C11H13NO2/c1-8-3-2-4-9(7-8)10(13)5-6-11(12)14/h2-4,7H,5-6H2,1H3,(H2,12,14). The lowest BCUT2D eigenvalue weighted by Gasteiger charge is -2.00. The minimum absolute atomic E-state index is 0.0347. The lowest BCUT2D eigenvalue weighted by molar-refractivity contribution is -0.117. The zero-order valence-corrected chi connectivity index (χ0v) is 8.12. The minimum atomic E-state index is -0.439. The van der Waals surface area contributed by atoms with Gasteiger partial charge in [0.05, 0.1) is 0 Å². The number of benzene rings is 1. The summed E-state index contributed by atoms with van der Waals surface area (Å²) >= 11 is 0. The Labute approximate surface area is 82.9 Å². The number of nitrogens with two attached hydrogens (primary N) is 1. The van der Waals surface area contributed by atoms with Crippen LogP contribution in [0.15, 0.2) is 24.3 Å². The van der Waals surface area contributed by atoms with E-state index >= 15 is 0 Å². The molecule has 0 saturated carbocycles. The van der Waals surface area contributed by atoms with Gasteiger partial charge in [0.15, 0.2) is 5.78 Å². The van der Waals surface area contributed by atoms with Crippen LogP contribution in [0.5, 0.6) is 0 Å². The first-order valence-corrected chi connectivity index (χ1v) is 4.48. The van der Waals surface area contributed by atoms with Crippen molar-refractivity contribution in [2.45, 2.75) is 19.8 Å². The molecule has 0 aromatic heterocycles. The van der Waals surface area contributed by atoms with Crippen LogP contribution in [-0.2, 0) is 4.79 Å². The first kappa shape index (κ1) is 10.4. The van der Waals surface area contributed by atoms with Gasteiger partial charge in [-0.15, -0.1) is 0 Å². The zero-order valence-electron chi connectivity index (χ0n) is 8.12. The van der Waals surface area contributed by atoms with Gasteiger partial charge in [0.1, 0.15) is 0 Å². The van der Waals surface area contributed by atoms with E-state index in [0.29, 0.717) is 5.56 Å². The van der Waals surface area contributed by atoms with Crippen molar-refractivity contribution >= 4 is 11.7 Å². The van der Waals surface area contributed by atoms with Gasteiger partial charge < -0.3 is 5.73 Å². The van der Waals surface area contributed by atoms with Crippen LogP contribution < -0.4 is 5.73 Å². The monoisotopic (exact) mass is 191 g/mol. The summed E-state index contributed by atoms with van der Waals surface area (Å²) in [5, 5.41) is 0. The summed E-state index contributed by atoms with van der Waals surface area (Å²) in [6, 6.07) is 7.30. The summed E-state index contributed by atoms with van der Waals surface area (Å²) in [7, 11) is 0. The highest BCUT2D eigenvalue weighted by Crippen LogP contribution is 2.07. The van der Waals surface area contributed by atoms with Crippen molar-refractivity contribution in [3.05, 3.63) is 35.4 Å². The molecule has 0 fully saturated rings. The largest absolute Gasteiger partial charge is 0.370 e. The third-order valence-corrected chi connectivity index (χ3v) is 1.94. The fourth-order valence-electron chi connectivity index (χ4n) is 1.20. The van der Waals surface area contributed by atoms with Gasteiger partial charge in [-0.25, -0.2) is 0 Å². The van der Waals surface area contributed by atoms with E-state index in [2.05, 4.69) is 0 Å². The van der Waals surface area contributed by atoms with Crippen LogP contribution in [0.25, 0.3) is 0 Å². The predicted octanol–water partition coefficient (Wildman–Crippen LogP) is 1.44. The second-order valence-electron chi connectivity index (χ2n) is 3.26. The van der Waals surface area contributed by atoms with Crippen molar-refractivity contribution in [3.8, 4) is 0 Å². The third-order valence-electron chi connectivity index (χ3n) is 1.94. The Hall–Kier alpha value is -1.64. The van der Waals surface area contributed by atoms with Gasteiger partial charge >= 0.3 is 0 Å². The summed E-state index contributed by atoms with van der Waals surface area (Å²) in [6.45, 7) is 1.92. The molecule has 3 nitrogen and oxygen atoms in total. The molecule has 0 aliphatic heterocycles. The fraction of sp³-hybridized carbons (Fsp3) is 0.273. The van der Waals surface area contributed by atoms with Gasteiger partial charge in [-0.2, -0.15) is 0 Å². The van der Waals surface area contributed by atoms with Gasteiger partial charge in [0, 0.05) is 18.4 Å². The van der Waals surface area contributed by atoms with Crippen LogP contribution >= 0.6 is 0 Å². The number of ketones is 1. The van der Waals surface area contributed by atoms with E-state index in [9.17, 15) is 9.59 Å². The molecule has 0 aliphatic rings. The van der Waals surface area contributed by atoms with Crippen LogP contribution in [0.2, 0.25) is 0 Å². The lowest BCUT2D eigenvalue weighted by Crippen LogP contribution is -2.12. The Kier molecular flexibility index (Phi) is 3.40. The van der Waals surface area contributed by atoms with Crippen LogP contribution in [0.3, 0.4) is 0 Å². The van der Waals surface area contributed by atoms with Crippen molar-refractivity contribution in [2.24, 2.45) is 5.73 Å². The van der Waals surface area contributed by atoms with Crippen LogP contribution in [-0.4, -0.2) is 11.7 Å². The van der Waals surface area contributed by atoms with Crippen LogP contribution in [0, 0.1) is 6.92 Å². The normalized spacial score (nSPS) is 9.79. The van der Waals surface area contributed by atoms with E-state index in [4.69, 9.17) is 5.73 Å². The molecule has 1 amide bonds. The summed E-state index contributed by atoms with van der Waals surface area (Å²) in [6.07, 6.45) is 0.311. The highest BCUT2D eigenvalue weighted by Gasteiger charge is 2.06. The van der Waals surface area contributed by atoms with E-state index in [1.165, 1.54) is 0 Å². The molecule has 1 aromatic carbocycles. The molecule has 0 spiro atoms. The Morgan fingerprint density at radius 3 is 2.57 bits per heavy atom. The van der Waals surface area contributed by atoms with Crippen molar-refractivity contribution < 1.29 is 9.59 Å². The summed E-state index contributed by atoms with van der Waals surface area (Å²) in [4.78, 5) is 22.0. The topological polar surface area (TPSA) is 60.2 Å². The highest BCUT2D eigenvalue weighted by atomic mass is 16.1. The number of amides is 1. The average molecular weight is 191 g/mol. The number of carbonyl (C=O) groups is 2. The van der Waals surface area contributed by atoms with E-state index in [0.717, 1.165) is 5.56 Å². The summed E-state index contributed by atoms with van der Waals surface area (Å²) < 4.78 is 0. The number of primary amides is 1. The Balaban J connectivity index is 2.65. The molecule has 0 heterocycles. The van der Waals surface area contributed by atoms with E-state index in [-0.39, 0.29) is 18.6 Å². The first-order chi connectivity index (χ1) is 6.59. The van der Waals surface area contributed by atoms with Crippen LogP contribution in [0.4, 0.5) is 0 Å². The predicted molar refractivity (Wildman–Crippen MR) is 53.9 cm³/mol. The van der Waals surface area contributed by atoms with Gasteiger partial charge in [-0.1, -0.05) is 23.8 Å². The smallest absolute Gasteiger partial charge is 0.217 e. The number of Topliss-reactive ketones (excluding diaryl/α,β-unsaturated/α-hetero) is 1. The van der Waals surface area contributed by atoms with Crippen molar-refractivity contribution in [3.63, 3.8) is 0 Å². The number of rotatable bonds is 4. The maximum atomic E-state index is 11.5. The fourth-order valence-corrected chi connectivity index (χ4v) is 1.20. The second-order valence-corrected chi connectivity index (χ2v) is 3.26. The van der Waals surface area contributed by atoms with E-state index in [1.807, 2.05) is 25.1 Å². The zero-order chi connectivity index (χ0) is 10.6. The van der Waals surface area contributed by atoms with Gasteiger partial charge in [-0.3, -0.25) is 9.59 Å². The molecule has 0 bridgehead atoms. The Morgan fingerprint density at radius 1 is 1.29 bits per heavy atom. The highest BCUT2D eigenvalue weighted by molar-refractivity contribution is 5.97. The molecule has 2 N–H and O–H groups in total. The molecular weight excluding hydrogens is 178 g/mol. The quantitative estimate of drug-likeness (QED) is 0.732. The molecule has 14 heavy (non-hydrogen) atoms. The first-order valence-electron chi connectivity index (χ1n) is 4.48. The number of carbonyl (C=O) groups excluding carboxylic acids is 2. The van der Waals surface area contributed by atoms with Crippen LogP contribution in [0.1, 0.15) is 28.8 Å². The molecule has 0 atom stereocenters. The number of hydrogen-bond donors (Lipinski definition) is 1. The molecule has 1 rings (SSSR count). The van der Waals surface area contributed by atoms with Crippen molar-refractivity contribution in [1.29, 1.82) is 0 Å². The van der Waals surface area contributed by atoms with Gasteiger partial charge in [0.25, 0.3) is 0 Å². The Morgan fingerprint density at radius 2 is 2.00 bits per heavy atom. The lowest BCUT2D eigenvalue weighted by atomic mass is 10.0. The average Bonchev–Trinajstić information content (AvgIpc) is 2.14. The molecule has 0 aliphatic carbocycles. The van der Waals surface area contributed by atoms with Crippen molar-refractivity contribution in [2.75, 3.05) is 0 Å². The minimum Gasteiger partial charge on any atom is -0.370 e. The second kappa shape index (κ2) is 4.56.